The van der Waals surface area contributed by atoms with Crippen molar-refractivity contribution in [2.45, 2.75) is 11.7 Å². The highest BCUT2D eigenvalue weighted by Gasteiger charge is 2.36. The van der Waals surface area contributed by atoms with Gasteiger partial charge < -0.3 is 5.32 Å². The van der Waals surface area contributed by atoms with E-state index in [1.807, 2.05) is 30.0 Å². The van der Waals surface area contributed by atoms with E-state index in [0.717, 1.165) is 5.75 Å². The first kappa shape index (κ1) is 18.3. The summed E-state index contributed by atoms with van der Waals surface area (Å²) >= 11 is 1.86. The number of carbonyl (C=O) groups is 1. The van der Waals surface area contributed by atoms with Gasteiger partial charge in [0.15, 0.2) is 0 Å². The highest BCUT2D eigenvalue weighted by atomic mass is 32.2. The van der Waals surface area contributed by atoms with Gasteiger partial charge in [0.1, 0.15) is 0 Å². The number of amides is 1. The number of hydrogen-bond acceptors (Lipinski definition) is 2. The molecular formula is C23H23NOS. The maximum Gasteiger partial charge on any atom is 0.216 e. The molecule has 0 heterocycles. The summed E-state index contributed by atoms with van der Waals surface area (Å²) < 4.78 is -0.317. The van der Waals surface area contributed by atoms with E-state index >= 15 is 0 Å². The average molecular weight is 362 g/mol. The Morgan fingerprint density at radius 2 is 1.15 bits per heavy atom. The molecular weight excluding hydrogens is 338 g/mol. The van der Waals surface area contributed by atoms with E-state index in [1.54, 1.807) is 6.92 Å². The number of hydrogen-bond donors (Lipinski definition) is 1. The summed E-state index contributed by atoms with van der Waals surface area (Å²) in [7, 11) is 0. The Hall–Kier alpha value is -2.52. The summed E-state index contributed by atoms with van der Waals surface area (Å²) in [5.74, 6) is 0.827. The van der Waals surface area contributed by atoms with Crippen LogP contribution in [0.3, 0.4) is 0 Å². The average Bonchev–Trinajstić information content (AvgIpc) is 2.70. The molecule has 0 unspecified atom stereocenters. The van der Waals surface area contributed by atoms with Crippen molar-refractivity contribution in [3.63, 3.8) is 0 Å². The molecule has 3 aromatic rings. The van der Waals surface area contributed by atoms with Crippen LogP contribution in [0, 0.1) is 0 Å². The van der Waals surface area contributed by atoms with Gasteiger partial charge in [-0.05, 0) is 16.7 Å². The van der Waals surface area contributed by atoms with E-state index in [1.165, 1.54) is 16.7 Å². The molecule has 2 nitrogen and oxygen atoms in total. The topological polar surface area (TPSA) is 29.1 Å². The van der Waals surface area contributed by atoms with Crippen molar-refractivity contribution in [2.75, 3.05) is 12.3 Å². The van der Waals surface area contributed by atoms with Crippen LogP contribution < -0.4 is 5.32 Å². The van der Waals surface area contributed by atoms with Crippen LogP contribution in [-0.2, 0) is 9.54 Å². The van der Waals surface area contributed by atoms with Gasteiger partial charge in [-0.25, -0.2) is 0 Å². The van der Waals surface area contributed by atoms with Crippen LogP contribution in [-0.4, -0.2) is 18.2 Å². The monoisotopic (exact) mass is 361 g/mol. The van der Waals surface area contributed by atoms with Crippen LogP contribution in [0.1, 0.15) is 23.6 Å². The molecule has 0 fully saturated rings. The summed E-state index contributed by atoms with van der Waals surface area (Å²) in [5, 5.41) is 2.91. The van der Waals surface area contributed by atoms with Crippen LogP contribution >= 0.6 is 11.8 Å². The minimum atomic E-state index is -0.317. The number of nitrogens with one attached hydrogen (secondary N) is 1. The number of benzene rings is 3. The highest BCUT2D eigenvalue weighted by molar-refractivity contribution is 8.00. The lowest BCUT2D eigenvalue weighted by molar-refractivity contribution is -0.118. The van der Waals surface area contributed by atoms with Crippen LogP contribution in [0.15, 0.2) is 91.0 Å². The van der Waals surface area contributed by atoms with E-state index in [9.17, 15) is 4.79 Å². The predicted octanol–water partition coefficient (Wildman–Crippen LogP) is 4.85. The summed E-state index contributed by atoms with van der Waals surface area (Å²) in [6.45, 7) is 2.21. The van der Waals surface area contributed by atoms with Crippen molar-refractivity contribution in [3.05, 3.63) is 108 Å². The molecule has 3 rings (SSSR count). The standard InChI is InChI=1S/C23H23NOS/c1-19(25)24-17-18-26-23(20-11-5-2-6-12-20,21-13-7-3-8-14-21)22-15-9-4-10-16-22/h2-16H,17-18H2,1H3,(H,24,25). The second-order valence-electron chi connectivity index (χ2n) is 6.11. The third-order valence-electron chi connectivity index (χ3n) is 4.34. The first-order valence-corrected chi connectivity index (χ1v) is 9.77. The van der Waals surface area contributed by atoms with Crippen LogP contribution in [0.25, 0.3) is 0 Å². The highest BCUT2D eigenvalue weighted by Crippen LogP contribution is 2.48. The molecule has 0 aliphatic heterocycles. The summed E-state index contributed by atoms with van der Waals surface area (Å²) in [4.78, 5) is 11.3. The number of carbonyl (C=O) groups excluding carboxylic acids is 1. The maximum absolute atomic E-state index is 11.3. The summed E-state index contributed by atoms with van der Waals surface area (Å²) in [5.41, 5.74) is 3.72. The zero-order valence-electron chi connectivity index (χ0n) is 14.9. The van der Waals surface area contributed by atoms with Gasteiger partial charge >= 0.3 is 0 Å². The largest absolute Gasteiger partial charge is 0.356 e. The zero-order valence-corrected chi connectivity index (χ0v) is 15.7. The molecule has 0 bridgehead atoms. The third kappa shape index (κ3) is 4.00. The fraction of sp³-hybridized carbons (Fsp3) is 0.174. The first-order valence-electron chi connectivity index (χ1n) is 8.78. The van der Waals surface area contributed by atoms with Gasteiger partial charge in [0.2, 0.25) is 5.91 Å². The summed E-state index contributed by atoms with van der Waals surface area (Å²) in [6, 6.07) is 31.8. The lowest BCUT2D eigenvalue weighted by atomic mass is 9.84. The van der Waals surface area contributed by atoms with Crippen LogP contribution in [0.2, 0.25) is 0 Å². The Labute approximate surface area is 159 Å². The minimum absolute atomic E-state index is 0.00957. The quantitative estimate of drug-likeness (QED) is 0.481. The van der Waals surface area contributed by atoms with Gasteiger partial charge in [0, 0.05) is 19.2 Å². The van der Waals surface area contributed by atoms with E-state index in [0.29, 0.717) is 6.54 Å². The molecule has 0 radical (unpaired) electrons. The van der Waals surface area contributed by atoms with Crippen molar-refractivity contribution in [2.24, 2.45) is 0 Å². The molecule has 0 aromatic heterocycles. The fourth-order valence-electron chi connectivity index (χ4n) is 3.20. The van der Waals surface area contributed by atoms with Gasteiger partial charge in [-0.2, -0.15) is 0 Å². The number of thioether (sulfide) groups is 1. The van der Waals surface area contributed by atoms with Crippen LogP contribution in [0.5, 0.6) is 0 Å². The van der Waals surface area contributed by atoms with Gasteiger partial charge in [-0.3, -0.25) is 4.79 Å². The van der Waals surface area contributed by atoms with Crippen molar-refractivity contribution in [3.8, 4) is 0 Å². The fourth-order valence-corrected chi connectivity index (χ4v) is 4.62. The molecule has 0 aliphatic carbocycles. The van der Waals surface area contributed by atoms with Crippen molar-refractivity contribution >= 4 is 17.7 Å². The Kier molecular flexibility index (Phi) is 6.13. The zero-order chi connectivity index (χ0) is 18.2. The molecule has 132 valence electrons. The van der Waals surface area contributed by atoms with Crippen molar-refractivity contribution in [1.29, 1.82) is 0 Å². The molecule has 0 atom stereocenters. The molecule has 0 aliphatic rings. The number of rotatable bonds is 7. The molecule has 3 heteroatoms. The normalized spacial score (nSPS) is 11.1. The van der Waals surface area contributed by atoms with Gasteiger partial charge in [0.25, 0.3) is 0 Å². The van der Waals surface area contributed by atoms with Crippen molar-refractivity contribution in [1.82, 2.24) is 5.32 Å². The molecule has 26 heavy (non-hydrogen) atoms. The minimum Gasteiger partial charge on any atom is -0.356 e. The lowest BCUT2D eigenvalue weighted by Gasteiger charge is -2.35. The Morgan fingerprint density at radius 3 is 1.50 bits per heavy atom. The Bertz CT molecular complexity index is 722. The van der Waals surface area contributed by atoms with E-state index in [2.05, 4.69) is 78.1 Å². The van der Waals surface area contributed by atoms with Crippen LogP contribution in [0.4, 0.5) is 0 Å². The molecule has 3 aromatic carbocycles. The molecule has 1 N–H and O–H groups in total. The maximum atomic E-state index is 11.3. The van der Waals surface area contributed by atoms with Crippen molar-refractivity contribution < 1.29 is 4.79 Å². The van der Waals surface area contributed by atoms with E-state index in [-0.39, 0.29) is 10.7 Å². The molecule has 1 amide bonds. The molecule has 0 saturated carbocycles. The molecule has 0 spiro atoms. The third-order valence-corrected chi connectivity index (χ3v) is 5.88. The first-order chi connectivity index (χ1) is 12.7. The Morgan fingerprint density at radius 1 is 0.769 bits per heavy atom. The van der Waals surface area contributed by atoms with E-state index in [4.69, 9.17) is 0 Å². The van der Waals surface area contributed by atoms with Gasteiger partial charge in [-0.15, -0.1) is 11.8 Å². The smallest absolute Gasteiger partial charge is 0.216 e. The predicted molar refractivity (Wildman–Crippen MR) is 110 cm³/mol. The second-order valence-corrected chi connectivity index (χ2v) is 7.42. The van der Waals surface area contributed by atoms with E-state index < -0.39 is 0 Å². The summed E-state index contributed by atoms with van der Waals surface area (Å²) in [6.07, 6.45) is 0. The lowest BCUT2D eigenvalue weighted by Crippen LogP contribution is -2.29. The molecule has 0 saturated heterocycles. The Balaban J connectivity index is 2.10. The van der Waals surface area contributed by atoms with Gasteiger partial charge in [0.05, 0.1) is 4.75 Å². The second kappa shape index (κ2) is 8.72. The van der Waals surface area contributed by atoms with Gasteiger partial charge in [-0.1, -0.05) is 91.0 Å². The SMILES string of the molecule is CC(=O)NCCSC(c1ccccc1)(c1ccccc1)c1ccccc1.